The van der Waals surface area contributed by atoms with Gasteiger partial charge in [-0.15, -0.1) is 0 Å². The van der Waals surface area contributed by atoms with Gasteiger partial charge in [0.05, 0.1) is 6.20 Å². The topological polar surface area (TPSA) is 52.3 Å². The van der Waals surface area contributed by atoms with Crippen molar-refractivity contribution in [1.29, 1.82) is 0 Å². The molecule has 1 aromatic carbocycles. The van der Waals surface area contributed by atoms with Gasteiger partial charge in [-0.25, -0.2) is 0 Å². The molecule has 0 radical (unpaired) electrons. The van der Waals surface area contributed by atoms with Crippen molar-refractivity contribution in [3.05, 3.63) is 53.9 Å². The van der Waals surface area contributed by atoms with Crippen LogP contribution in [0.3, 0.4) is 0 Å². The van der Waals surface area contributed by atoms with Crippen molar-refractivity contribution in [2.24, 2.45) is 0 Å². The molecule has 2 rings (SSSR count). The van der Waals surface area contributed by atoms with Crippen LogP contribution in [0.25, 0.3) is 0 Å². The van der Waals surface area contributed by atoms with E-state index in [0.717, 1.165) is 5.56 Å². The van der Waals surface area contributed by atoms with Crippen LogP contribution in [0, 0.1) is 0 Å². The van der Waals surface area contributed by atoms with Gasteiger partial charge in [-0.2, -0.15) is 0 Å². The normalized spacial score (nSPS) is 12.1. The SMILES string of the molecule is CC(C(=O)OCc1ccccc1)c1ccno1. The van der Waals surface area contributed by atoms with Crippen LogP contribution < -0.4 is 0 Å². The van der Waals surface area contributed by atoms with Crippen LogP contribution >= 0.6 is 0 Å². The summed E-state index contributed by atoms with van der Waals surface area (Å²) in [5.74, 6) is -0.227. The fourth-order valence-corrected chi connectivity index (χ4v) is 1.42. The maximum Gasteiger partial charge on any atom is 0.316 e. The number of esters is 1. The number of ether oxygens (including phenoxy) is 1. The van der Waals surface area contributed by atoms with E-state index in [0.29, 0.717) is 5.76 Å². The molecule has 17 heavy (non-hydrogen) atoms. The molecule has 1 heterocycles. The number of rotatable bonds is 4. The predicted octanol–water partition coefficient (Wildman–Crippen LogP) is 2.52. The number of carbonyl (C=O) groups excluding carboxylic acids is 1. The first-order chi connectivity index (χ1) is 8.27. The number of carbonyl (C=O) groups is 1. The largest absolute Gasteiger partial charge is 0.460 e. The molecule has 1 unspecified atom stereocenters. The Balaban J connectivity index is 1.90. The highest BCUT2D eigenvalue weighted by atomic mass is 16.5. The minimum atomic E-state index is -0.429. The molecule has 1 atom stereocenters. The highest BCUT2D eigenvalue weighted by Crippen LogP contribution is 2.16. The van der Waals surface area contributed by atoms with E-state index >= 15 is 0 Å². The maximum atomic E-state index is 11.7. The second-order valence-corrected chi connectivity index (χ2v) is 3.73. The number of hydrogen-bond acceptors (Lipinski definition) is 4. The summed E-state index contributed by atoms with van der Waals surface area (Å²) in [6.07, 6.45) is 1.51. The maximum absolute atomic E-state index is 11.7. The number of aromatic nitrogens is 1. The van der Waals surface area contributed by atoms with Crippen LogP contribution in [0.5, 0.6) is 0 Å². The van der Waals surface area contributed by atoms with Crippen molar-refractivity contribution in [1.82, 2.24) is 5.16 Å². The van der Waals surface area contributed by atoms with Crippen LogP contribution in [0.4, 0.5) is 0 Å². The molecule has 0 saturated carbocycles. The fourth-order valence-electron chi connectivity index (χ4n) is 1.42. The lowest BCUT2D eigenvalue weighted by Gasteiger charge is -2.08. The first-order valence-electron chi connectivity index (χ1n) is 5.38. The Labute approximate surface area is 99.2 Å². The Morgan fingerprint density at radius 2 is 2.12 bits per heavy atom. The van der Waals surface area contributed by atoms with E-state index in [-0.39, 0.29) is 12.6 Å². The molecule has 0 aliphatic carbocycles. The average Bonchev–Trinajstić information content (AvgIpc) is 2.90. The zero-order valence-corrected chi connectivity index (χ0v) is 9.50. The third-order valence-electron chi connectivity index (χ3n) is 2.46. The molecule has 4 heteroatoms. The summed E-state index contributed by atoms with van der Waals surface area (Å²) in [6.45, 7) is 2.01. The molecule has 0 fully saturated rings. The van der Waals surface area contributed by atoms with Gasteiger partial charge in [0.2, 0.25) is 0 Å². The first kappa shape index (κ1) is 11.4. The van der Waals surface area contributed by atoms with E-state index in [1.54, 1.807) is 13.0 Å². The van der Waals surface area contributed by atoms with Crippen molar-refractivity contribution in [3.63, 3.8) is 0 Å². The lowest BCUT2D eigenvalue weighted by molar-refractivity contribution is -0.146. The molecule has 88 valence electrons. The molecule has 0 aliphatic heterocycles. The summed E-state index contributed by atoms with van der Waals surface area (Å²) in [7, 11) is 0. The molecular weight excluding hydrogens is 218 g/mol. The van der Waals surface area contributed by atoms with Crippen molar-refractivity contribution >= 4 is 5.97 Å². The minimum Gasteiger partial charge on any atom is -0.460 e. The Bertz CT molecular complexity index is 465. The zero-order valence-electron chi connectivity index (χ0n) is 9.50. The summed E-state index contributed by atoms with van der Waals surface area (Å²) in [4.78, 5) is 11.7. The van der Waals surface area contributed by atoms with Crippen molar-refractivity contribution in [2.45, 2.75) is 19.4 Å². The second-order valence-electron chi connectivity index (χ2n) is 3.73. The van der Waals surface area contributed by atoms with E-state index in [4.69, 9.17) is 9.26 Å². The van der Waals surface area contributed by atoms with Gasteiger partial charge in [0.15, 0.2) is 5.76 Å². The molecule has 0 N–H and O–H groups in total. The third kappa shape index (κ3) is 2.93. The van der Waals surface area contributed by atoms with Crippen molar-refractivity contribution in [2.75, 3.05) is 0 Å². The van der Waals surface area contributed by atoms with Crippen LogP contribution in [-0.2, 0) is 16.1 Å². The lowest BCUT2D eigenvalue weighted by atomic mass is 10.1. The zero-order chi connectivity index (χ0) is 12.1. The van der Waals surface area contributed by atoms with E-state index in [2.05, 4.69) is 5.16 Å². The van der Waals surface area contributed by atoms with Gasteiger partial charge >= 0.3 is 5.97 Å². The van der Waals surface area contributed by atoms with E-state index in [1.165, 1.54) is 6.20 Å². The second kappa shape index (κ2) is 5.30. The van der Waals surface area contributed by atoms with Crippen molar-refractivity contribution < 1.29 is 14.1 Å². The van der Waals surface area contributed by atoms with Gasteiger partial charge < -0.3 is 9.26 Å². The highest BCUT2D eigenvalue weighted by molar-refractivity contribution is 5.76. The van der Waals surface area contributed by atoms with Crippen molar-refractivity contribution in [3.8, 4) is 0 Å². The first-order valence-corrected chi connectivity index (χ1v) is 5.38. The van der Waals surface area contributed by atoms with E-state index < -0.39 is 5.92 Å². The molecule has 0 aliphatic rings. The van der Waals surface area contributed by atoms with Gasteiger partial charge in [0.1, 0.15) is 12.5 Å². The molecule has 2 aromatic rings. The average molecular weight is 231 g/mol. The predicted molar refractivity (Wildman–Crippen MR) is 61.2 cm³/mol. The van der Waals surface area contributed by atoms with Crippen LogP contribution in [0.15, 0.2) is 47.1 Å². The summed E-state index contributed by atoms with van der Waals surface area (Å²) in [5.41, 5.74) is 0.964. The van der Waals surface area contributed by atoms with Gasteiger partial charge in [-0.3, -0.25) is 4.79 Å². The Kier molecular flexibility index (Phi) is 3.55. The summed E-state index contributed by atoms with van der Waals surface area (Å²) in [6, 6.07) is 11.2. The lowest BCUT2D eigenvalue weighted by Crippen LogP contribution is -2.12. The molecule has 0 bridgehead atoms. The highest BCUT2D eigenvalue weighted by Gasteiger charge is 2.20. The standard InChI is InChI=1S/C13H13NO3/c1-10(12-7-8-14-17-12)13(15)16-9-11-5-3-2-4-6-11/h2-8,10H,9H2,1H3. The number of benzene rings is 1. The molecular formula is C13H13NO3. The van der Waals surface area contributed by atoms with Crippen LogP contribution in [-0.4, -0.2) is 11.1 Å². The van der Waals surface area contributed by atoms with Gasteiger partial charge in [-0.05, 0) is 12.5 Å². The fraction of sp³-hybridized carbons (Fsp3) is 0.231. The molecule has 1 aromatic heterocycles. The summed E-state index contributed by atoms with van der Waals surface area (Å²) in [5, 5.41) is 3.56. The minimum absolute atomic E-state index is 0.276. The summed E-state index contributed by atoms with van der Waals surface area (Å²) < 4.78 is 10.1. The Hall–Kier alpha value is -2.10. The molecule has 4 nitrogen and oxygen atoms in total. The smallest absolute Gasteiger partial charge is 0.316 e. The van der Waals surface area contributed by atoms with Gasteiger partial charge in [-0.1, -0.05) is 35.5 Å². The molecule has 0 amide bonds. The third-order valence-corrected chi connectivity index (χ3v) is 2.46. The van der Waals surface area contributed by atoms with Gasteiger partial charge in [0.25, 0.3) is 0 Å². The summed E-state index contributed by atoms with van der Waals surface area (Å²) >= 11 is 0. The Morgan fingerprint density at radius 3 is 2.76 bits per heavy atom. The van der Waals surface area contributed by atoms with Gasteiger partial charge in [0, 0.05) is 6.07 Å². The molecule has 0 saturated heterocycles. The molecule has 0 spiro atoms. The number of hydrogen-bond donors (Lipinski definition) is 0. The van der Waals surface area contributed by atoms with Crippen LogP contribution in [0.1, 0.15) is 24.2 Å². The quantitative estimate of drug-likeness (QED) is 0.759. The van der Waals surface area contributed by atoms with Crippen LogP contribution in [0.2, 0.25) is 0 Å². The monoisotopic (exact) mass is 231 g/mol. The van der Waals surface area contributed by atoms with E-state index in [9.17, 15) is 4.79 Å². The van der Waals surface area contributed by atoms with E-state index in [1.807, 2.05) is 30.3 Å². The number of nitrogens with zero attached hydrogens (tertiary/aromatic N) is 1. The Morgan fingerprint density at radius 1 is 1.35 bits per heavy atom.